The minimum Gasteiger partial charge on any atom is -0.492 e. The normalized spacial score (nSPS) is 25.7. The Morgan fingerprint density at radius 3 is 2.48 bits per heavy atom. The van der Waals surface area contributed by atoms with E-state index in [1.807, 2.05) is 0 Å². The molecule has 140 valence electrons. The van der Waals surface area contributed by atoms with Crippen molar-refractivity contribution >= 4 is 21.6 Å². The molecule has 0 atom stereocenters. The molecule has 0 radical (unpaired) electrons. The first-order chi connectivity index (χ1) is 11.9. The molecule has 25 heavy (non-hydrogen) atoms. The van der Waals surface area contributed by atoms with Crippen LogP contribution in [0.25, 0.3) is 0 Å². The van der Waals surface area contributed by atoms with E-state index in [0.29, 0.717) is 24.3 Å². The fraction of sp³-hybridized carbons (Fsp3) is 0.647. The standard InChI is InChI=1S/C17H25ClN2O4S/c18-16-11-15(25(19,21)22)5-6-17(16)24-12-13-1-3-14(4-2-13)20-7-9-23-10-8-20/h5-6,11,13-14H,1-4,7-10,12H2,(H2,19,21,22)/t13-,14-. The number of ether oxygens (including phenoxy) is 2. The van der Waals surface area contributed by atoms with Gasteiger partial charge in [0.15, 0.2) is 0 Å². The van der Waals surface area contributed by atoms with Crippen LogP contribution in [0.5, 0.6) is 5.75 Å². The van der Waals surface area contributed by atoms with Crippen molar-refractivity contribution in [1.82, 2.24) is 4.90 Å². The summed E-state index contributed by atoms with van der Waals surface area (Å²) in [7, 11) is -3.75. The van der Waals surface area contributed by atoms with E-state index in [9.17, 15) is 8.42 Å². The second-order valence-corrected chi connectivity index (χ2v) is 8.74. The Kier molecular flexibility index (Phi) is 6.22. The Morgan fingerprint density at radius 2 is 1.88 bits per heavy atom. The summed E-state index contributed by atoms with van der Waals surface area (Å²) in [5.41, 5.74) is 0. The topological polar surface area (TPSA) is 81.9 Å². The molecule has 1 saturated heterocycles. The third kappa shape index (κ3) is 5.08. The molecule has 1 aromatic carbocycles. The summed E-state index contributed by atoms with van der Waals surface area (Å²) in [6, 6.07) is 4.99. The smallest absolute Gasteiger partial charge is 0.238 e. The maximum atomic E-state index is 11.3. The fourth-order valence-electron chi connectivity index (χ4n) is 3.60. The van der Waals surface area contributed by atoms with Crippen LogP contribution in [-0.2, 0) is 14.8 Å². The van der Waals surface area contributed by atoms with Gasteiger partial charge < -0.3 is 9.47 Å². The summed E-state index contributed by atoms with van der Waals surface area (Å²) in [6.07, 6.45) is 4.64. The zero-order valence-corrected chi connectivity index (χ0v) is 15.8. The van der Waals surface area contributed by atoms with Crippen LogP contribution >= 0.6 is 11.6 Å². The first kappa shape index (κ1) is 18.9. The number of nitrogens with two attached hydrogens (primary N) is 1. The molecular weight excluding hydrogens is 364 g/mol. The SMILES string of the molecule is NS(=O)(=O)c1ccc(OC[C@H]2CC[C@H](N3CCOCC3)CC2)c(Cl)c1. The van der Waals surface area contributed by atoms with Crippen LogP contribution in [0.15, 0.2) is 23.1 Å². The van der Waals surface area contributed by atoms with Crippen LogP contribution < -0.4 is 9.88 Å². The highest BCUT2D eigenvalue weighted by Crippen LogP contribution is 2.31. The van der Waals surface area contributed by atoms with E-state index >= 15 is 0 Å². The number of benzene rings is 1. The molecule has 3 rings (SSSR count). The summed E-state index contributed by atoms with van der Waals surface area (Å²) < 4.78 is 33.9. The van der Waals surface area contributed by atoms with Gasteiger partial charge in [0, 0.05) is 19.1 Å². The van der Waals surface area contributed by atoms with Gasteiger partial charge in [0.2, 0.25) is 10.0 Å². The molecule has 8 heteroatoms. The van der Waals surface area contributed by atoms with E-state index in [1.54, 1.807) is 6.07 Å². The number of sulfonamides is 1. The quantitative estimate of drug-likeness (QED) is 0.836. The summed E-state index contributed by atoms with van der Waals surface area (Å²) in [5.74, 6) is 1.01. The Hall–Kier alpha value is -0.860. The van der Waals surface area contributed by atoms with Crippen molar-refractivity contribution in [2.75, 3.05) is 32.9 Å². The van der Waals surface area contributed by atoms with E-state index < -0.39 is 10.0 Å². The number of halogens is 1. The monoisotopic (exact) mass is 388 g/mol. The lowest BCUT2D eigenvalue weighted by Crippen LogP contribution is -2.45. The summed E-state index contributed by atoms with van der Waals surface area (Å²) in [5, 5.41) is 5.37. The Balaban J connectivity index is 1.48. The first-order valence-electron chi connectivity index (χ1n) is 8.70. The van der Waals surface area contributed by atoms with E-state index in [1.165, 1.54) is 25.0 Å². The second-order valence-electron chi connectivity index (χ2n) is 6.77. The molecule has 1 aliphatic carbocycles. The number of morpholine rings is 1. The number of primary sulfonamides is 1. The van der Waals surface area contributed by atoms with Gasteiger partial charge in [0.1, 0.15) is 5.75 Å². The van der Waals surface area contributed by atoms with Crippen molar-refractivity contribution < 1.29 is 17.9 Å². The summed E-state index contributed by atoms with van der Waals surface area (Å²) >= 11 is 6.11. The third-order valence-corrected chi connectivity index (χ3v) is 6.29. The Morgan fingerprint density at radius 1 is 1.20 bits per heavy atom. The molecule has 0 aromatic heterocycles. The van der Waals surface area contributed by atoms with Gasteiger partial charge in [0.05, 0.1) is 29.7 Å². The molecule has 1 heterocycles. The van der Waals surface area contributed by atoms with Crippen LogP contribution in [0.2, 0.25) is 5.02 Å². The maximum Gasteiger partial charge on any atom is 0.238 e. The number of nitrogens with zero attached hydrogens (tertiary/aromatic N) is 1. The zero-order chi connectivity index (χ0) is 17.9. The molecule has 6 nitrogen and oxygen atoms in total. The predicted molar refractivity (Wildman–Crippen MR) is 96.5 cm³/mol. The van der Waals surface area contributed by atoms with Crippen molar-refractivity contribution in [2.24, 2.45) is 11.1 Å². The van der Waals surface area contributed by atoms with Gasteiger partial charge in [-0.15, -0.1) is 0 Å². The molecule has 0 unspecified atom stereocenters. The molecule has 2 fully saturated rings. The third-order valence-electron chi connectivity index (χ3n) is 5.08. The van der Waals surface area contributed by atoms with Gasteiger partial charge in [-0.05, 0) is 49.8 Å². The van der Waals surface area contributed by atoms with Gasteiger partial charge in [-0.1, -0.05) is 11.6 Å². The Bertz CT molecular complexity index is 684. The molecule has 2 N–H and O–H groups in total. The van der Waals surface area contributed by atoms with Gasteiger partial charge in [0.25, 0.3) is 0 Å². The molecule has 0 amide bonds. The second kappa shape index (κ2) is 8.22. The largest absolute Gasteiger partial charge is 0.492 e. The van der Waals surface area contributed by atoms with Crippen molar-refractivity contribution in [3.8, 4) is 5.75 Å². The highest BCUT2D eigenvalue weighted by atomic mass is 35.5. The highest BCUT2D eigenvalue weighted by Gasteiger charge is 2.27. The lowest BCUT2D eigenvalue weighted by Gasteiger charge is -2.38. The fourth-order valence-corrected chi connectivity index (χ4v) is 4.44. The van der Waals surface area contributed by atoms with Gasteiger partial charge in [-0.25, -0.2) is 13.6 Å². The minimum atomic E-state index is -3.75. The molecule has 0 spiro atoms. The van der Waals surface area contributed by atoms with Crippen molar-refractivity contribution in [2.45, 2.75) is 36.6 Å². The predicted octanol–water partition coefficient (Wildman–Crippen LogP) is 2.26. The average molecular weight is 389 g/mol. The molecule has 1 saturated carbocycles. The van der Waals surface area contributed by atoms with Crippen LogP contribution in [-0.4, -0.2) is 52.3 Å². The summed E-state index contributed by atoms with van der Waals surface area (Å²) in [6.45, 7) is 4.37. The van der Waals surface area contributed by atoms with Gasteiger partial charge in [-0.3, -0.25) is 4.90 Å². The van der Waals surface area contributed by atoms with E-state index in [2.05, 4.69) is 4.90 Å². The van der Waals surface area contributed by atoms with E-state index in [4.69, 9.17) is 26.2 Å². The lowest BCUT2D eigenvalue weighted by molar-refractivity contribution is 0.00304. The molecule has 0 bridgehead atoms. The summed E-state index contributed by atoms with van der Waals surface area (Å²) in [4.78, 5) is 2.54. The molecule has 1 aromatic rings. The van der Waals surface area contributed by atoms with Crippen molar-refractivity contribution in [3.63, 3.8) is 0 Å². The minimum absolute atomic E-state index is 0.00382. The number of rotatable bonds is 5. The number of hydrogen-bond donors (Lipinski definition) is 1. The lowest BCUT2D eigenvalue weighted by atomic mass is 9.85. The zero-order valence-electron chi connectivity index (χ0n) is 14.2. The first-order valence-corrected chi connectivity index (χ1v) is 10.6. The Labute approximate surface area is 154 Å². The average Bonchev–Trinajstić information content (AvgIpc) is 2.61. The van der Waals surface area contributed by atoms with E-state index in [-0.39, 0.29) is 9.92 Å². The van der Waals surface area contributed by atoms with Crippen LogP contribution in [0.1, 0.15) is 25.7 Å². The van der Waals surface area contributed by atoms with Crippen LogP contribution in [0.4, 0.5) is 0 Å². The van der Waals surface area contributed by atoms with Crippen LogP contribution in [0.3, 0.4) is 0 Å². The van der Waals surface area contributed by atoms with Crippen molar-refractivity contribution in [1.29, 1.82) is 0 Å². The molecule has 2 aliphatic rings. The van der Waals surface area contributed by atoms with Gasteiger partial charge in [-0.2, -0.15) is 0 Å². The molecule has 1 aliphatic heterocycles. The van der Waals surface area contributed by atoms with Crippen molar-refractivity contribution in [3.05, 3.63) is 23.2 Å². The van der Waals surface area contributed by atoms with E-state index in [0.717, 1.165) is 39.1 Å². The van der Waals surface area contributed by atoms with Crippen LogP contribution in [0, 0.1) is 5.92 Å². The maximum absolute atomic E-state index is 11.3. The highest BCUT2D eigenvalue weighted by molar-refractivity contribution is 7.89. The number of hydrogen-bond acceptors (Lipinski definition) is 5. The molecular formula is C17H25ClN2O4S. The van der Waals surface area contributed by atoms with Gasteiger partial charge >= 0.3 is 0 Å².